The van der Waals surface area contributed by atoms with Crippen LogP contribution in [0.15, 0.2) is 47.4 Å². The van der Waals surface area contributed by atoms with E-state index in [0.29, 0.717) is 11.4 Å². The van der Waals surface area contributed by atoms with Crippen LogP contribution < -0.4 is 11.1 Å². The number of hydrogen-bond acceptors (Lipinski definition) is 4. The van der Waals surface area contributed by atoms with Crippen molar-refractivity contribution in [2.75, 3.05) is 11.1 Å². The van der Waals surface area contributed by atoms with Crippen LogP contribution in [0.3, 0.4) is 0 Å². The highest BCUT2D eigenvalue weighted by Crippen LogP contribution is 2.21. The fourth-order valence-electron chi connectivity index (χ4n) is 1.63. The molecule has 8 heteroatoms. The zero-order valence-electron chi connectivity index (χ0n) is 10.6. The van der Waals surface area contributed by atoms with Gasteiger partial charge in [0.15, 0.2) is 0 Å². The van der Waals surface area contributed by atoms with Gasteiger partial charge < -0.3 is 11.1 Å². The molecule has 21 heavy (non-hydrogen) atoms. The number of carbonyl (C=O) groups is 1. The summed E-state index contributed by atoms with van der Waals surface area (Å²) < 4.78 is 30.7. The molecule has 0 bridgehead atoms. The zero-order valence-corrected chi connectivity index (χ0v) is 12.1. The maximum Gasteiger partial charge on any atom is 0.294 e. The van der Waals surface area contributed by atoms with E-state index in [4.69, 9.17) is 21.9 Å². The second-order valence-electron chi connectivity index (χ2n) is 4.19. The van der Waals surface area contributed by atoms with Gasteiger partial charge in [-0.3, -0.25) is 9.35 Å². The molecule has 1 amide bonds. The van der Waals surface area contributed by atoms with Gasteiger partial charge in [0, 0.05) is 11.4 Å². The van der Waals surface area contributed by atoms with Crippen LogP contribution in [0.1, 0.15) is 10.4 Å². The largest absolute Gasteiger partial charge is 0.399 e. The third-order valence-electron chi connectivity index (χ3n) is 2.65. The molecule has 0 aliphatic rings. The molecule has 2 rings (SSSR count). The molecule has 6 nitrogen and oxygen atoms in total. The van der Waals surface area contributed by atoms with Crippen LogP contribution in [-0.2, 0) is 10.1 Å². The van der Waals surface area contributed by atoms with Crippen molar-refractivity contribution in [2.24, 2.45) is 0 Å². The van der Waals surface area contributed by atoms with Crippen LogP contribution in [0.5, 0.6) is 0 Å². The van der Waals surface area contributed by atoms with Crippen molar-refractivity contribution < 1.29 is 17.8 Å². The predicted octanol–water partition coefficient (Wildman–Crippen LogP) is 2.42. The van der Waals surface area contributed by atoms with E-state index >= 15 is 0 Å². The van der Waals surface area contributed by atoms with Crippen LogP contribution in [0, 0.1) is 0 Å². The number of benzene rings is 2. The van der Waals surface area contributed by atoms with Crippen molar-refractivity contribution in [3.05, 3.63) is 53.1 Å². The molecule has 0 saturated heterocycles. The second kappa shape index (κ2) is 5.72. The molecule has 2 aromatic rings. The molecule has 4 N–H and O–H groups in total. The Morgan fingerprint density at radius 3 is 2.33 bits per heavy atom. The third-order valence-corrected chi connectivity index (χ3v) is 3.84. The SMILES string of the molecule is Nc1ccc(Cl)c(C(=O)Nc2ccc(S(=O)(=O)O)cc2)c1. The van der Waals surface area contributed by atoms with E-state index in [2.05, 4.69) is 5.32 Å². The van der Waals surface area contributed by atoms with E-state index in [1.807, 2.05) is 0 Å². The molecular weight excluding hydrogens is 316 g/mol. The minimum atomic E-state index is -4.26. The highest BCUT2D eigenvalue weighted by Gasteiger charge is 2.12. The first-order valence-corrected chi connectivity index (χ1v) is 7.53. The molecule has 0 radical (unpaired) electrons. The summed E-state index contributed by atoms with van der Waals surface area (Å²) in [5.41, 5.74) is 6.54. The van der Waals surface area contributed by atoms with Gasteiger partial charge >= 0.3 is 0 Å². The van der Waals surface area contributed by atoms with E-state index in [0.717, 1.165) is 0 Å². The van der Waals surface area contributed by atoms with E-state index in [9.17, 15) is 13.2 Å². The average molecular weight is 327 g/mol. The van der Waals surface area contributed by atoms with Gasteiger partial charge in [0.2, 0.25) is 0 Å². The zero-order chi connectivity index (χ0) is 15.6. The summed E-state index contributed by atoms with van der Waals surface area (Å²) in [7, 11) is -4.26. The van der Waals surface area contributed by atoms with Gasteiger partial charge in [-0.15, -0.1) is 0 Å². The van der Waals surface area contributed by atoms with Crippen molar-refractivity contribution in [1.29, 1.82) is 0 Å². The normalized spacial score (nSPS) is 11.1. The molecule has 0 saturated carbocycles. The summed E-state index contributed by atoms with van der Waals surface area (Å²) in [5.74, 6) is -0.480. The molecular formula is C13H11ClN2O4S. The lowest BCUT2D eigenvalue weighted by molar-refractivity contribution is 0.102. The molecule has 0 atom stereocenters. The number of amides is 1. The first-order valence-electron chi connectivity index (χ1n) is 5.71. The highest BCUT2D eigenvalue weighted by molar-refractivity contribution is 7.85. The van der Waals surface area contributed by atoms with Gasteiger partial charge in [-0.25, -0.2) is 0 Å². The quantitative estimate of drug-likeness (QED) is 0.592. The Morgan fingerprint density at radius 1 is 1.14 bits per heavy atom. The molecule has 0 aliphatic heterocycles. The molecule has 0 aliphatic carbocycles. The Bertz CT molecular complexity index is 788. The van der Waals surface area contributed by atoms with Crippen molar-refractivity contribution in [3.8, 4) is 0 Å². The number of carbonyl (C=O) groups excluding carboxylic acids is 1. The second-order valence-corrected chi connectivity index (χ2v) is 6.02. The van der Waals surface area contributed by atoms with Crippen LogP contribution in [0.4, 0.5) is 11.4 Å². The smallest absolute Gasteiger partial charge is 0.294 e. The lowest BCUT2D eigenvalue weighted by Crippen LogP contribution is -2.13. The van der Waals surface area contributed by atoms with Crippen LogP contribution >= 0.6 is 11.6 Å². The molecule has 0 aromatic heterocycles. The predicted molar refractivity (Wildman–Crippen MR) is 80.1 cm³/mol. The minimum Gasteiger partial charge on any atom is -0.399 e. The van der Waals surface area contributed by atoms with Crippen molar-refractivity contribution >= 4 is 39.0 Å². The van der Waals surface area contributed by atoms with Crippen molar-refractivity contribution in [3.63, 3.8) is 0 Å². The number of nitrogens with two attached hydrogens (primary N) is 1. The molecule has 0 spiro atoms. The molecule has 0 fully saturated rings. The molecule has 2 aromatic carbocycles. The number of rotatable bonds is 3. The summed E-state index contributed by atoms with van der Waals surface area (Å²) in [4.78, 5) is 11.8. The number of halogens is 1. The van der Waals surface area contributed by atoms with Gasteiger partial charge in [0.05, 0.1) is 15.5 Å². The topological polar surface area (TPSA) is 109 Å². The fraction of sp³-hybridized carbons (Fsp3) is 0. The maximum atomic E-state index is 12.1. The first kappa shape index (κ1) is 15.3. The Labute approximate surface area is 126 Å². The summed E-state index contributed by atoms with van der Waals surface area (Å²) in [6.07, 6.45) is 0. The molecule has 110 valence electrons. The number of anilines is 2. The number of nitrogen functional groups attached to an aromatic ring is 1. The summed E-state index contributed by atoms with van der Waals surface area (Å²) in [6.45, 7) is 0. The maximum absolute atomic E-state index is 12.1. The standard InChI is InChI=1S/C13H11ClN2O4S/c14-12-6-1-8(15)7-11(12)13(17)16-9-2-4-10(5-3-9)21(18,19)20/h1-7H,15H2,(H,16,17)(H,18,19,20). The van der Waals surface area contributed by atoms with Gasteiger partial charge in [-0.2, -0.15) is 8.42 Å². The monoisotopic (exact) mass is 326 g/mol. The van der Waals surface area contributed by atoms with Crippen molar-refractivity contribution in [2.45, 2.75) is 4.90 Å². The van der Waals surface area contributed by atoms with Crippen molar-refractivity contribution in [1.82, 2.24) is 0 Å². The van der Waals surface area contributed by atoms with Crippen LogP contribution in [0.25, 0.3) is 0 Å². The summed E-state index contributed by atoms with van der Waals surface area (Å²) in [6, 6.07) is 9.55. The van der Waals surface area contributed by atoms with E-state index in [1.54, 1.807) is 6.07 Å². The first-order chi connectivity index (χ1) is 9.77. The van der Waals surface area contributed by atoms with Crippen LogP contribution in [-0.4, -0.2) is 18.9 Å². The lowest BCUT2D eigenvalue weighted by Gasteiger charge is -2.08. The number of nitrogens with one attached hydrogen (secondary N) is 1. The van der Waals surface area contributed by atoms with Gasteiger partial charge in [-0.05, 0) is 42.5 Å². The Kier molecular flexibility index (Phi) is 4.17. The fourth-order valence-corrected chi connectivity index (χ4v) is 2.31. The third kappa shape index (κ3) is 3.72. The minimum absolute atomic E-state index is 0.204. The Hall–Kier alpha value is -2.09. The number of hydrogen-bond donors (Lipinski definition) is 3. The molecule has 0 heterocycles. The van der Waals surface area contributed by atoms with Gasteiger partial charge in [0.25, 0.3) is 16.0 Å². The van der Waals surface area contributed by atoms with Gasteiger partial charge in [0.1, 0.15) is 0 Å². The van der Waals surface area contributed by atoms with Crippen LogP contribution in [0.2, 0.25) is 5.02 Å². The summed E-state index contributed by atoms with van der Waals surface area (Å²) in [5, 5.41) is 2.80. The highest BCUT2D eigenvalue weighted by atomic mass is 35.5. The Morgan fingerprint density at radius 2 is 1.76 bits per heavy atom. The van der Waals surface area contributed by atoms with E-state index in [-0.39, 0.29) is 15.5 Å². The Balaban J connectivity index is 2.22. The van der Waals surface area contributed by atoms with E-state index < -0.39 is 16.0 Å². The summed E-state index contributed by atoms with van der Waals surface area (Å²) >= 11 is 5.91. The molecule has 0 unspecified atom stereocenters. The lowest BCUT2D eigenvalue weighted by atomic mass is 10.2. The van der Waals surface area contributed by atoms with E-state index in [1.165, 1.54) is 36.4 Å². The average Bonchev–Trinajstić information content (AvgIpc) is 2.41. The van der Waals surface area contributed by atoms with Gasteiger partial charge in [-0.1, -0.05) is 11.6 Å².